The largest absolute Gasteiger partial charge is 0.458 e. The van der Waals surface area contributed by atoms with Crippen LogP contribution in [0.5, 0.6) is 0 Å². The molecule has 0 aromatic carbocycles. The minimum absolute atomic E-state index is 0.0767. The fraction of sp³-hybridized carbons (Fsp3) is 0.333. The molecule has 0 amide bonds. The standard InChI is InChI=1S/C18H14F5N5O/c1-16(2,3)12-6-10(17(19,20)18(21,22)23)9-4-5-13-25-11(15-27-24-8-29-15)7-28(13)14(9)26-12/h4-8H,1-3H3. The molecule has 0 fully saturated rings. The molecule has 0 spiro atoms. The summed E-state index contributed by atoms with van der Waals surface area (Å²) in [6.45, 7) is 5.03. The zero-order chi connectivity index (χ0) is 21.2. The Balaban J connectivity index is 2.09. The molecule has 152 valence electrons. The number of fused-ring (bicyclic) bond motifs is 3. The van der Waals surface area contributed by atoms with E-state index in [-0.39, 0.29) is 34.0 Å². The average molecular weight is 411 g/mol. The lowest BCUT2D eigenvalue weighted by Crippen LogP contribution is -2.34. The SMILES string of the molecule is CC(C)(C)c1cc(C(F)(F)C(F)(F)F)c2ccc3nc(-c4nnco4)cn3c2n1. The van der Waals surface area contributed by atoms with Crippen molar-refractivity contribution in [3.63, 3.8) is 0 Å². The molecule has 0 aliphatic carbocycles. The maximum atomic E-state index is 14.4. The number of aromatic nitrogens is 5. The first-order valence-corrected chi connectivity index (χ1v) is 8.44. The predicted molar refractivity (Wildman–Crippen MR) is 92.4 cm³/mol. The lowest BCUT2D eigenvalue weighted by molar-refractivity contribution is -0.288. The van der Waals surface area contributed by atoms with Crippen LogP contribution in [0.1, 0.15) is 32.0 Å². The first-order chi connectivity index (χ1) is 13.4. The summed E-state index contributed by atoms with van der Waals surface area (Å²) in [6, 6.07) is 3.30. The van der Waals surface area contributed by atoms with Crippen molar-refractivity contribution in [1.82, 2.24) is 24.6 Å². The van der Waals surface area contributed by atoms with Crippen molar-refractivity contribution in [1.29, 1.82) is 0 Å². The summed E-state index contributed by atoms with van der Waals surface area (Å²) in [5.41, 5.74) is -1.40. The third-order valence-electron chi connectivity index (χ3n) is 4.44. The van der Waals surface area contributed by atoms with Crippen LogP contribution in [0, 0.1) is 0 Å². The van der Waals surface area contributed by atoms with Crippen molar-refractivity contribution >= 4 is 16.7 Å². The first-order valence-electron chi connectivity index (χ1n) is 8.44. The Morgan fingerprint density at radius 1 is 1.00 bits per heavy atom. The summed E-state index contributed by atoms with van der Waals surface area (Å²) < 4.78 is 74.7. The topological polar surface area (TPSA) is 69.1 Å². The van der Waals surface area contributed by atoms with Gasteiger partial charge in [-0.05, 0) is 18.2 Å². The molecule has 0 bridgehead atoms. The maximum Gasteiger partial charge on any atom is 0.458 e. The van der Waals surface area contributed by atoms with Crippen LogP contribution in [0.4, 0.5) is 22.0 Å². The molecular formula is C18H14F5N5O. The number of alkyl halides is 5. The summed E-state index contributed by atoms with van der Waals surface area (Å²) in [5, 5.41) is 6.94. The molecule has 0 radical (unpaired) electrons. The monoisotopic (exact) mass is 411 g/mol. The molecule has 11 heteroatoms. The highest BCUT2D eigenvalue weighted by atomic mass is 19.4. The molecule has 0 aliphatic rings. The van der Waals surface area contributed by atoms with Crippen molar-refractivity contribution in [2.45, 2.75) is 38.3 Å². The molecule has 0 atom stereocenters. The Labute approximate surface area is 160 Å². The Hall–Kier alpha value is -3.11. The van der Waals surface area contributed by atoms with Crippen LogP contribution in [0.2, 0.25) is 0 Å². The summed E-state index contributed by atoms with van der Waals surface area (Å²) in [5.74, 6) is -4.98. The van der Waals surface area contributed by atoms with Gasteiger partial charge in [-0.25, -0.2) is 9.97 Å². The van der Waals surface area contributed by atoms with Crippen LogP contribution in [0.15, 0.2) is 35.2 Å². The van der Waals surface area contributed by atoms with Gasteiger partial charge in [-0.2, -0.15) is 22.0 Å². The highest BCUT2D eigenvalue weighted by Crippen LogP contribution is 2.47. The van der Waals surface area contributed by atoms with Gasteiger partial charge >= 0.3 is 12.1 Å². The van der Waals surface area contributed by atoms with Crippen molar-refractivity contribution in [2.75, 3.05) is 0 Å². The zero-order valence-electron chi connectivity index (χ0n) is 15.4. The highest BCUT2D eigenvalue weighted by Gasteiger charge is 2.59. The molecule has 29 heavy (non-hydrogen) atoms. The lowest BCUT2D eigenvalue weighted by Gasteiger charge is -2.25. The van der Waals surface area contributed by atoms with Gasteiger partial charge in [0.05, 0.1) is 0 Å². The van der Waals surface area contributed by atoms with Gasteiger partial charge in [0.15, 0.2) is 0 Å². The Morgan fingerprint density at radius 3 is 2.31 bits per heavy atom. The molecule has 4 heterocycles. The van der Waals surface area contributed by atoms with Gasteiger partial charge in [-0.1, -0.05) is 20.8 Å². The summed E-state index contributed by atoms with van der Waals surface area (Å²) >= 11 is 0. The van der Waals surface area contributed by atoms with E-state index in [2.05, 4.69) is 20.2 Å². The third kappa shape index (κ3) is 3.00. The molecular weight excluding hydrogens is 397 g/mol. The van der Waals surface area contributed by atoms with E-state index in [0.29, 0.717) is 0 Å². The number of pyridine rings is 2. The fourth-order valence-corrected chi connectivity index (χ4v) is 2.91. The molecule has 4 aromatic rings. The predicted octanol–water partition coefficient (Wildman–Crippen LogP) is 4.88. The maximum absolute atomic E-state index is 14.4. The third-order valence-corrected chi connectivity index (χ3v) is 4.44. The molecule has 0 saturated carbocycles. The van der Waals surface area contributed by atoms with Gasteiger partial charge in [0.1, 0.15) is 17.0 Å². The van der Waals surface area contributed by atoms with E-state index in [9.17, 15) is 22.0 Å². The van der Waals surface area contributed by atoms with Crippen molar-refractivity contribution in [3.05, 3.63) is 42.0 Å². The van der Waals surface area contributed by atoms with Crippen LogP contribution in [-0.4, -0.2) is 30.7 Å². The van der Waals surface area contributed by atoms with Gasteiger partial charge in [0, 0.05) is 28.3 Å². The van der Waals surface area contributed by atoms with E-state index in [4.69, 9.17) is 4.42 Å². The van der Waals surface area contributed by atoms with Crippen LogP contribution in [0.25, 0.3) is 28.3 Å². The summed E-state index contributed by atoms with van der Waals surface area (Å²) in [4.78, 5) is 8.64. The van der Waals surface area contributed by atoms with E-state index < -0.39 is 23.1 Å². The van der Waals surface area contributed by atoms with Gasteiger partial charge in [-0.3, -0.25) is 4.40 Å². The van der Waals surface area contributed by atoms with Crippen molar-refractivity contribution < 1.29 is 26.4 Å². The molecule has 4 aromatic heterocycles. The Bertz CT molecular complexity index is 1210. The van der Waals surface area contributed by atoms with E-state index in [1.165, 1.54) is 16.7 Å². The Kier molecular flexibility index (Phi) is 3.94. The second-order valence-corrected chi connectivity index (χ2v) is 7.55. The fourth-order valence-electron chi connectivity index (χ4n) is 2.91. The van der Waals surface area contributed by atoms with Crippen LogP contribution in [0.3, 0.4) is 0 Å². The van der Waals surface area contributed by atoms with Gasteiger partial charge in [0.2, 0.25) is 6.39 Å². The average Bonchev–Trinajstić information content (AvgIpc) is 3.27. The molecule has 0 aliphatic heterocycles. The smallest absolute Gasteiger partial charge is 0.422 e. The molecule has 4 rings (SSSR count). The normalized spacial score (nSPS) is 13.5. The van der Waals surface area contributed by atoms with E-state index in [1.54, 1.807) is 20.8 Å². The second-order valence-electron chi connectivity index (χ2n) is 7.55. The number of halogens is 5. The van der Waals surface area contributed by atoms with Gasteiger partial charge < -0.3 is 4.42 Å². The first kappa shape index (κ1) is 19.2. The molecule has 0 unspecified atom stereocenters. The zero-order valence-corrected chi connectivity index (χ0v) is 15.4. The number of rotatable bonds is 2. The molecule has 6 nitrogen and oxygen atoms in total. The lowest BCUT2D eigenvalue weighted by atomic mass is 9.89. The Morgan fingerprint density at radius 2 is 1.72 bits per heavy atom. The number of hydrogen-bond donors (Lipinski definition) is 0. The van der Waals surface area contributed by atoms with E-state index in [1.807, 2.05) is 0 Å². The highest BCUT2D eigenvalue weighted by molar-refractivity contribution is 5.84. The number of hydrogen-bond acceptors (Lipinski definition) is 5. The number of imidazole rings is 1. The van der Waals surface area contributed by atoms with Gasteiger partial charge in [-0.15, -0.1) is 10.2 Å². The summed E-state index contributed by atoms with van der Waals surface area (Å²) in [7, 11) is 0. The number of nitrogens with zero attached hydrogens (tertiary/aromatic N) is 5. The molecule has 0 N–H and O–H groups in total. The van der Waals surface area contributed by atoms with Crippen LogP contribution < -0.4 is 0 Å². The van der Waals surface area contributed by atoms with Crippen LogP contribution in [-0.2, 0) is 11.3 Å². The summed E-state index contributed by atoms with van der Waals surface area (Å²) in [6.07, 6.45) is -3.26. The van der Waals surface area contributed by atoms with E-state index in [0.717, 1.165) is 18.5 Å². The van der Waals surface area contributed by atoms with Crippen molar-refractivity contribution in [2.24, 2.45) is 0 Å². The quantitative estimate of drug-likeness (QED) is 0.440. The van der Waals surface area contributed by atoms with Crippen molar-refractivity contribution in [3.8, 4) is 11.6 Å². The van der Waals surface area contributed by atoms with Crippen LogP contribution >= 0.6 is 0 Å². The second kappa shape index (κ2) is 5.94. The minimum Gasteiger partial charge on any atom is -0.422 e. The van der Waals surface area contributed by atoms with E-state index >= 15 is 0 Å². The van der Waals surface area contributed by atoms with Gasteiger partial charge in [0.25, 0.3) is 5.89 Å². The molecule has 0 saturated heterocycles. The minimum atomic E-state index is -5.75.